The quantitative estimate of drug-likeness (QED) is 0.903. The number of nitrogens with zero attached hydrogens (tertiary/aromatic N) is 1. The van der Waals surface area contributed by atoms with Crippen LogP contribution in [0.15, 0.2) is 18.2 Å². The maximum Gasteiger partial charge on any atom is 0.335 e. The minimum absolute atomic E-state index is 0.0916. The third-order valence-electron chi connectivity index (χ3n) is 4.56. The summed E-state index contributed by atoms with van der Waals surface area (Å²) in [5, 5.41) is 9.10. The number of rotatable bonds is 2. The van der Waals surface area contributed by atoms with Crippen LogP contribution in [0.2, 0.25) is 0 Å². The van der Waals surface area contributed by atoms with Crippen LogP contribution in [0, 0.1) is 5.92 Å². The van der Waals surface area contributed by atoms with Gasteiger partial charge in [-0.15, -0.1) is 0 Å². The topological polar surface area (TPSA) is 76.1 Å². The molecule has 0 saturated carbocycles. The fourth-order valence-electron chi connectivity index (χ4n) is 3.22. The molecule has 2 aliphatic heterocycles. The van der Waals surface area contributed by atoms with Gasteiger partial charge in [0.1, 0.15) is 12.4 Å². The van der Waals surface area contributed by atoms with Gasteiger partial charge < -0.3 is 19.5 Å². The maximum absolute atomic E-state index is 12.8. The van der Waals surface area contributed by atoms with Crippen molar-refractivity contribution in [2.45, 2.75) is 25.8 Å². The number of hydrogen-bond acceptors (Lipinski definition) is 4. The third kappa shape index (κ3) is 3.17. The minimum atomic E-state index is -0.986. The number of carboxylic acid groups (broad SMARTS) is 1. The second-order valence-electron chi connectivity index (χ2n) is 6.03. The number of amides is 1. The number of ether oxygens (including phenoxy) is 2. The van der Waals surface area contributed by atoms with Gasteiger partial charge in [0.05, 0.1) is 30.7 Å². The predicted octanol–water partition coefficient (Wildman–Crippen LogP) is 2.09. The molecule has 1 fully saturated rings. The van der Waals surface area contributed by atoms with Crippen LogP contribution in [0.3, 0.4) is 0 Å². The van der Waals surface area contributed by atoms with Gasteiger partial charge in [-0.05, 0) is 31.9 Å². The molecule has 0 aliphatic carbocycles. The number of fused-ring (bicyclic) bond motifs is 1. The Hall–Kier alpha value is -2.08. The molecular formula is C17H21NO5. The van der Waals surface area contributed by atoms with Gasteiger partial charge in [-0.25, -0.2) is 4.79 Å². The molecule has 1 aromatic carbocycles. The monoisotopic (exact) mass is 319 g/mol. The molecule has 0 bridgehead atoms. The summed E-state index contributed by atoms with van der Waals surface area (Å²) in [6, 6.07) is 4.68. The Labute approximate surface area is 135 Å². The van der Waals surface area contributed by atoms with E-state index in [1.54, 1.807) is 12.1 Å². The Morgan fingerprint density at radius 2 is 2.13 bits per heavy atom. The fourth-order valence-corrected chi connectivity index (χ4v) is 3.22. The smallest absolute Gasteiger partial charge is 0.335 e. The summed E-state index contributed by atoms with van der Waals surface area (Å²) in [4.78, 5) is 25.7. The summed E-state index contributed by atoms with van der Waals surface area (Å²) in [5.41, 5.74) is 1.04. The average Bonchev–Trinajstić information content (AvgIpc) is 2.73. The summed E-state index contributed by atoms with van der Waals surface area (Å²) in [7, 11) is 0. The van der Waals surface area contributed by atoms with Crippen molar-refractivity contribution in [1.29, 1.82) is 0 Å². The molecule has 1 aromatic rings. The van der Waals surface area contributed by atoms with Crippen molar-refractivity contribution in [3.8, 4) is 5.75 Å². The first-order valence-corrected chi connectivity index (χ1v) is 7.96. The van der Waals surface area contributed by atoms with Crippen molar-refractivity contribution in [3.63, 3.8) is 0 Å². The molecule has 0 spiro atoms. The van der Waals surface area contributed by atoms with Crippen LogP contribution in [0.25, 0.3) is 0 Å². The lowest BCUT2D eigenvalue weighted by Gasteiger charge is -2.32. The predicted molar refractivity (Wildman–Crippen MR) is 82.6 cm³/mol. The highest BCUT2D eigenvalue weighted by atomic mass is 16.5. The first-order valence-electron chi connectivity index (χ1n) is 7.96. The molecule has 2 aliphatic rings. The molecule has 23 heavy (non-hydrogen) atoms. The van der Waals surface area contributed by atoms with Crippen LogP contribution in [0.5, 0.6) is 5.75 Å². The van der Waals surface area contributed by atoms with Gasteiger partial charge in [-0.2, -0.15) is 0 Å². The number of carbonyl (C=O) groups excluding carboxylic acids is 1. The van der Waals surface area contributed by atoms with Crippen LogP contribution in [0.1, 0.15) is 41.7 Å². The van der Waals surface area contributed by atoms with Crippen molar-refractivity contribution in [3.05, 3.63) is 29.3 Å². The maximum atomic E-state index is 12.8. The summed E-state index contributed by atoms with van der Waals surface area (Å²) in [5.74, 6) is -0.435. The molecule has 6 nitrogen and oxygen atoms in total. The Balaban J connectivity index is 1.84. The molecule has 1 amide bonds. The molecular weight excluding hydrogens is 298 g/mol. The number of aromatic carboxylic acids is 1. The van der Waals surface area contributed by atoms with Gasteiger partial charge in [0.2, 0.25) is 5.91 Å². The fraction of sp³-hybridized carbons (Fsp3) is 0.529. The summed E-state index contributed by atoms with van der Waals surface area (Å²) in [6.07, 6.45) is 1.77. The Morgan fingerprint density at radius 1 is 1.30 bits per heavy atom. The van der Waals surface area contributed by atoms with E-state index >= 15 is 0 Å². The Kier molecular flexibility index (Phi) is 4.52. The zero-order valence-electron chi connectivity index (χ0n) is 13.2. The van der Waals surface area contributed by atoms with Crippen LogP contribution in [0.4, 0.5) is 0 Å². The molecule has 1 saturated heterocycles. The Morgan fingerprint density at radius 3 is 2.83 bits per heavy atom. The van der Waals surface area contributed by atoms with Crippen LogP contribution >= 0.6 is 0 Å². The van der Waals surface area contributed by atoms with E-state index < -0.39 is 5.97 Å². The van der Waals surface area contributed by atoms with Crippen molar-refractivity contribution in [2.24, 2.45) is 5.92 Å². The van der Waals surface area contributed by atoms with Crippen molar-refractivity contribution < 1.29 is 24.2 Å². The highest BCUT2D eigenvalue weighted by Crippen LogP contribution is 2.34. The standard InChI is InChI=1S/C17H21NO5/c1-11-14-5-4-12(17(20)21)9-15(14)23-8-6-18(11)16(19)13-3-2-7-22-10-13/h4-5,9,11,13H,2-3,6-8,10H2,1H3,(H,20,21)/t11-,13-/m0/s1. The molecule has 3 rings (SSSR count). The SMILES string of the molecule is C[C@H]1c2ccc(C(=O)O)cc2OCCN1C(=O)[C@H]1CCCOC1. The van der Waals surface area contributed by atoms with E-state index in [9.17, 15) is 9.59 Å². The van der Waals surface area contributed by atoms with Gasteiger partial charge in [0, 0.05) is 12.2 Å². The second-order valence-corrected chi connectivity index (χ2v) is 6.03. The summed E-state index contributed by atoms with van der Waals surface area (Å²) >= 11 is 0. The number of benzene rings is 1. The highest BCUT2D eigenvalue weighted by molar-refractivity contribution is 5.88. The number of hydrogen-bond donors (Lipinski definition) is 1. The molecule has 2 atom stereocenters. The van der Waals surface area contributed by atoms with E-state index in [-0.39, 0.29) is 23.4 Å². The van der Waals surface area contributed by atoms with Gasteiger partial charge in [-0.1, -0.05) is 6.07 Å². The molecule has 0 aromatic heterocycles. The lowest BCUT2D eigenvalue weighted by Crippen LogP contribution is -2.41. The zero-order chi connectivity index (χ0) is 16.4. The highest BCUT2D eigenvalue weighted by Gasteiger charge is 2.32. The molecule has 2 heterocycles. The summed E-state index contributed by atoms with van der Waals surface area (Å²) in [6.45, 7) is 4.01. The number of carboxylic acids is 1. The van der Waals surface area contributed by atoms with Gasteiger partial charge in [-0.3, -0.25) is 4.79 Å². The third-order valence-corrected chi connectivity index (χ3v) is 4.56. The molecule has 6 heteroatoms. The van der Waals surface area contributed by atoms with Crippen molar-refractivity contribution in [1.82, 2.24) is 4.90 Å². The van der Waals surface area contributed by atoms with E-state index in [1.165, 1.54) is 6.07 Å². The summed E-state index contributed by atoms with van der Waals surface area (Å²) < 4.78 is 11.1. The van der Waals surface area contributed by atoms with Crippen molar-refractivity contribution in [2.75, 3.05) is 26.4 Å². The van der Waals surface area contributed by atoms with E-state index in [4.69, 9.17) is 14.6 Å². The lowest BCUT2D eigenvalue weighted by molar-refractivity contribution is -0.142. The first-order chi connectivity index (χ1) is 11.1. The number of carbonyl (C=O) groups is 2. The van der Waals surface area contributed by atoms with Crippen LogP contribution in [-0.4, -0.2) is 48.2 Å². The largest absolute Gasteiger partial charge is 0.491 e. The van der Waals surface area contributed by atoms with Crippen LogP contribution < -0.4 is 4.74 Å². The molecule has 124 valence electrons. The van der Waals surface area contributed by atoms with E-state index in [2.05, 4.69) is 0 Å². The van der Waals surface area contributed by atoms with E-state index in [0.29, 0.717) is 25.5 Å². The molecule has 1 N–H and O–H groups in total. The molecule has 0 unspecified atom stereocenters. The minimum Gasteiger partial charge on any atom is -0.491 e. The zero-order valence-corrected chi connectivity index (χ0v) is 13.2. The van der Waals surface area contributed by atoms with Crippen LogP contribution in [-0.2, 0) is 9.53 Å². The lowest BCUT2D eigenvalue weighted by atomic mass is 9.98. The first kappa shape index (κ1) is 15.8. The Bertz CT molecular complexity index is 609. The van der Waals surface area contributed by atoms with Gasteiger partial charge in [0.15, 0.2) is 0 Å². The van der Waals surface area contributed by atoms with E-state index in [1.807, 2.05) is 11.8 Å². The normalized spacial score (nSPS) is 24.3. The van der Waals surface area contributed by atoms with Gasteiger partial charge in [0.25, 0.3) is 0 Å². The average molecular weight is 319 g/mol. The van der Waals surface area contributed by atoms with Gasteiger partial charge >= 0.3 is 5.97 Å². The second kappa shape index (κ2) is 6.58. The molecule has 0 radical (unpaired) electrons. The van der Waals surface area contributed by atoms with Crippen molar-refractivity contribution >= 4 is 11.9 Å². The van der Waals surface area contributed by atoms with E-state index in [0.717, 1.165) is 25.0 Å².